The number of benzene rings is 2. The van der Waals surface area contributed by atoms with Crippen LogP contribution in [-0.4, -0.2) is 22.8 Å². The molecule has 0 atom stereocenters. The van der Waals surface area contributed by atoms with Gasteiger partial charge in [0.05, 0.1) is 5.52 Å². The van der Waals surface area contributed by atoms with E-state index in [0.717, 1.165) is 37.3 Å². The number of nitrogen functional groups attached to an aromatic ring is 1. The maximum absolute atomic E-state index is 13.1. The van der Waals surface area contributed by atoms with Gasteiger partial charge in [0.1, 0.15) is 5.69 Å². The largest absolute Gasteiger partial charge is 0.433 e. The van der Waals surface area contributed by atoms with Gasteiger partial charge in [-0.05, 0) is 67.5 Å². The lowest BCUT2D eigenvalue weighted by atomic mass is 9.80. The molecule has 0 radical (unpaired) electrons. The second-order valence-corrected chi connectivity index (χ2v) is 8.62. The molecule has 0 aliphatic heterocycles. The second-order valence-electron chi connectivity index (χ2n) is 8.62. The number of carbonyl (C=O) groups excluding carboxylic acids is 2. The third kappa shape index (κ3) is 5.13. The van der Waals surface area contributed by atoms with Gasteiger partial charge >= 0.3 is 6.18 Å². The highest BCUT2D eigenvalue weighted by molar-refractivity contribution is 5.97. The monoisotopic (exact) mass is 470 g/mol. The first-order valence-electron chi connectivity index (χ1n) is 11.1. The summed E-state index contributed by atoms with van der Waals surface area (Å²) in [6, 6.07) is 12.8. The first-order chi connectivity index (χ1) is 16.1. The Hall–Kier alpha value is -3.62. The van der Waals surface area contributed by atoms with Crippen LogP contribution >= 0.6 is 0 Å². The quantitative estimate of drug-likeness (QED) is 0.485. The zero-order chi connectivity index (χ0) is 24.5. The Labute approximate surface area is 194 Å². The number of aromatic nitrogens is 1. The number of alkyl halides is 3. The molecule has 0 spiro atoms. The number of amides is 2. The molecule has 4 N–H and O–H groups in total. The van der Waals surface area contributed by atoms with Gasteiger partial charge in [-0.2, -0.15) is 13.2 Å². The van der Waals surface area contributed by atoms with Gasteiger partial charge in [0.15, 0.2) is 0 Å². The van der Waals surface area contributed by atoms with Gasteiger partial charge in [0.25, 0.3) is 5.91 Å². The third-order valence-corrected chi connectivity index (χ3v) is 6.13. The highest BCUT2D eigenvalue weighted by Crippen LogP contribution is 2.40. The van der Waals surface area contributed by atoms with Crippen LogP contribution < -0.4 is 16.4 Å². The number of anilines is 2. The van der Waals surface area contributed by atoms with Crippen LogP contribution in [-0.2, 0) is 11.0 Å². The van der Waals surface area contributed by atoms with Gasteiger partial charge < -0.3 is 16.4 Å². The molecular formula is C25H25F3N4O2. The van der Waals surface area contributed by atoms with Gasteiger partial charge in [0, 0.05) is 35.3 Å². The van der Waals surface area contributed by atoms with Crippen molar-refractivity contribution in [3.05, 3.63) is 65.4 Å². The summed E-state index contributed by atoms with van der Waals surface area (Å²) in [4.78, 5) is 27.7. The normalized spacial score (nSPS) is 18.5. The van der Waals surface area contributed by atoms with E-state index in [1.54, 1.807) is 36.4 Å². The van der Waals surface area contributed by atoms with E-state index in [2.05, 4.69) is 15.6 Å². The van der Waals surface area contributed by atoms with Crippen molar-refractivity contribution in [2.75, 3.05) is 11.1 Å². The molecule has 2 aromatic carbocycles. The maximum atomic E-state index is 13.1. The fourth-order valence-electron chi connectivity index (χ4n) is 4.59. The van der Waals surface area contributed by atoms with Crippen LogP contribution in [0.3, 0.4) is 0 Å². The number of carbonyl (C=O) groups is 2. The van der Waals surface area contributed by atoms with Crippen LogP contribution in [0.2, 0.25) is 0 Å². The fraction of sp³-hybridized carbons (Fsp3) is 0.320. The number of hydrogen-bond donors (Lipinski definition) is 3. The third-order valence-electron chi connectivity index (χ3n) is 6.13. The Balaban J connectivity index is 1.45. The molecular weight excluding hydrogens is 445 g/mol. The fourth-order valence-corrected chi connectivity index (χ4v) is 4.59. The highest BCUT2D eigenvalue weighted by Gasteiger charge is 2.34. The van der Waals surface area contributed by atoms with E-state index in [1.807, 2.05) is 6.07 Å². The van der Waals surface area contributed by atoms with E-state index in [0.29, 0.717) is 16.6 Å². The van der Waals surface area contributed by atoms with Gasteiger partial charge in [0.2, 0.25) is 5.91 Å². The average Bonchev–Trinajstić information content (AvgIpc) is 2.78. The number of hydrogen-bond acceptors (Lipinski definition) is 4. The van der Waals surface area contributed by atoms with Crippen LogP contribution in [0.1, 0.15) is 60.1 Å². The van der Waals surface area contributed by atoms with E-state index >= 15 is 0 Å². The van der Waals surface area contributed by atoms with Crippen molar-refractivity contribution in [1.82, 2.24) is 10.3 Å². The van der Waals surface area contributed by atoms with Crippen molar-refractivity contribution in [2.24, 2.45) is 0 Å². The summed E-state index contributed by atoms with van der Waals surface area (Å²) < 4.78 is 39.4. The molecule has 9 heteroatoms. The van der Waals surface area contributed by atoms with Gasteiger partial charge in [-0.1, -0.05) is 18.2 Å². The smallest absolute Gasteiger partial charge is 0.398 e. The molecule has 0 bridgehead atoms. The molecule has 178 valence electrons. The van der Waals surface area contributed by atoms with E-state index < -0.39 is 11.9 Å². The van der Waals surface area contributed by atoms with Crippen LogP contribution in [0.5, 0.6) is 0 Å². The van der Waals surface area contributed by atoms with Crippen LogP contribution in [0.4, 0.5) is 24.5 Å². The Bertz CT molecular complexity index is 1230. The lowest BCUT2D eigenvalue weighted by molar-refractivity contribution is -0.140. The molecule has 0 unspecified atom stereocenters. The van der Waals surface area contributed by atoms with Crippen molar-refractivity contribution in [3.63, 3.8) is 0 Å². The van der Waals surface area contributed by atoms with Crippen molar-refractivity contribution < 1.29 is 22.8 Å². The zero-order valence-electron chi connectivity index (χ0n) is 18.6. The summed E-state index contributed by atoms with van der Waals surface area (Å²) in [6.07, 6.45) is -1.58. The highest BCUT2D eigenvalue weighted by atomic mass is 19.4. The minimum atomic E-state index is -4.56. The van der Waals surface area contributed by atoms with E-state index in [1.165, 1.54) is 6.92 Å². The molecule has 1 fully saturated rings. The number of nitrogens with one attached hydrogen (secondary N) is 2. The molecule has 1 heterocycles. The SMILES string of the molecule is CC(=O)Nc1cccc(C(=O)NC2CCC(c3cccc4nc(C(F)(F)F)cc(N)c34)CC2)c1. The second kappa shape index (κ2) is 9.32. The van der Waals surface area contributed by atoms with E-state index in [4.69, 9.17) is 5.73 Å². The van der Waals surface area contributed by atoms with Gasteiger partial charge in [-0.3, -0.25) is 9.59 Å². The topological polar surface area (TPSA) is 97.1 Å². The number of fused-ring (bicyclic) bond motifs is 1. The first-order valence-corrected chi connectivity index (χ1v) is 11.1. The predicted octanol–water partition coefficient (Wildman–Crippen LogP) is 5.25. The van der Waals surface area contributed by atoms with Gasteiger partial charge in [-0.25, -0.2) is 4.98 Å². The molecule has 0 saturated heterocycles. The standard InChI is InChI=1S/C25H25F3N4O2/c1-14(33)30-18-5-2-4-16(12-18)24(34)31-17-10-8-15(9-11-17)19-6-3-7-21-23(19)20(29)13-22(32-21)25(26,27)28/h2-7,12-13,15,17H,8-11H2,1H3,(H2,29,32)(H,30,33)(H,31,34). The minimum absolute atomic E-state index is 0.0181. The number of pyridine rings is 1. The Morgan fingerprint density at radius 3 is 2.41 bits per heavy atom. The van der Waals surface area contributed by atoms with Crippen LogP contribution in [0.15, 0.2) is 48.5 Å². The summed E-state index contributed by atoms with van der Waals surface area (Å²) >= 11 is 0. The molecule has 1 aliphatic rings. The van der Waals surface area contributed by atoms with Crippen molar-refractivity contribution >= 4 is 34.1 Å². The number of nitrogens with zero attached hydrogens (tertiary/aromatic N) is 1. The molecule has 1 aliphatic carbocycles. The number of nitrogens with two attached hydrogens (primary N) is 1. The lowest BCUT2D eigenvalue weighted by Crippen LogP contribution is -2.37. The predicted molar refractivity (Wildman–Crippen MR) is 124 cm³/mol. The van der Waals surface area contributed by atoms with Crippen molar-refractivity contribution in [2.45, 2.75) is 50.7 Å². The molecule has 6 nitrogen and oxygen atoms in total. The van der Waals surface area contributed by atoms with Crippen molar-refractivity contribution in [1.29, 1.82) is 0 Å². The molecule has 34 heavy (non-hydrogen) atoms. The van der Waals surface area contributed by atoms with Crippen LogP contribution in [0.25, 0.3) is 10.9 Å². The molecule has 4 rings (SSSR count). The summed E-state index contributed by atoms with van der Waals surface area (Å²) in [5.74, 6) is -0.315. The minimum Gasteiger partial charge on any atom is -0.398 e. The molecule has 1 aromatic heterocycles. The molecule has 3 aromatic rings. The maximum Gasteiger partial charge on any atom is 0.433 e. The number of halogens is 3. The van der Waals surface area contributed by atoms with Gasteiger partial charge in [-0.15, -0.1) is 0 Å². The average molecular weight is 470 g/mol. The summed E-state index contributed by atoms with van der Waals surface area (Å²) in [7, 11) is 0. The first kappa shape index (κ1) is 23.5. The number of rotatable bonds is 4. The van der Waals surface area contributed by atoms with Crippen LogP contribution in [0, 0.1) is 0 Å². The van der Waals surface area contributed by atoms with E-state index in [-0.39, 0.29) is 35.0 Å². The Morgan fingerprint density at radius 2 is 1.74 bits per heavy atom. The lowest BCUT2D eigenvalue weighted by Gasteiger charge is -2.30. The Morgan fingerprint density at radius 1 is 1.03 bits per heavy atom. The summed E-state index contributed by atoms with van der Waals surface area (Å²) in [6.45, 7) is 1.40. The zero-order valence-corrected chi connectivity index (χ0v) is 18.6. The summed E-state index contributed by atoms with van der Waals surface area (Å²) in [5.41, 5.74) is 7.26. The molecule has 1 saturated carbocycles. The van der Waals surface area contributed by atoms with E-state index in [9.17, 15) is 22.8 Å². The molecule has 2 amide bonds. The summed E-state index contributed by atoms with van der Waals surface area (Å²) in [5, 5.41) is 6.28. The van der Waals surface area contributed by atoms with Crippen molar-refractivity contribution in [3.8, 4) is 0 Å². The Kier molecular flexibility index (Phi) is 6.45.